The summed E-state index contributed by atoms with van der Waals surface area (Å²) in [6, 6.07) is 1.88. The lowest BCUT2D eigenvalue weighted by atomic mass is 10.4. The van der Waals surface area contributed by atoms with Gasteiger partial charge in [-0.25, -0.2) is 0 Å². The van der Waals surface area contributed by atoms with E-state index in [1.807, 2.05) is 6.07 Å². The summed E-state index contributed by atoms with van der Waals surface area (Å²) in [7, 11) is 2.09. The van der Waals surface area contributed by atoms with Crippen LogP contribution in [-0.2, 0) is 0 Å². The molecule has 1 aromatic rings. The molecule has 14 heavy (non-hydrogen) atoms. The monoisotopic (exact) mass is 213 g/mol. The normalized spacial score (nSPS) is 10.6. The molecule has 78 valence electrons. The number of aromatic nitrogens is 1. The van der Waals surface area contributed by atoms with Gasteiger partial charge in [-0.05, 0) is 19.7 Å². The van der Waals surface area contributed by atoms with Crippen LogP contribution >= 0.6 is 11.6 Å². The van der Waals surface area contributed by atoms with Crippen LogP contribution in [0.1, 0.15) is 6.92 Å². The van der Waals surface area contributed by atoms with Gasteiger partial charge in [-0.15, -0.1) is 0 Å². The third-order valence-corrected chi connectivity index (χ3v) is 2.42. The lowest BCUT2D eigenvalue weighted by molar-refractivity contribution is 0.367. The molecule has 1 aromatic heterocycles. The second-order valence-electron chi connectivity index (χ2n) is 3.18. The molecule has 0 spiro atoms. The van der Waals surface area contributed by atoms with E-state index < -0.39 is 0 Å². The maximum Gasteiger partial charge on any atom is 0.0820 e. The summed E-state index contributed by atoms with van der Waals surface area (Å²) >= 11 is 5.93. The van der Waals surface area contributed by atoms with Gasteiger partial charge in [0.15, 0.2) is 0 Å². The number of nitrogens with one attached hydrogen (secondary N) is 1. The molecule has 3 nitrogen and oxygen atoms in total. The quantitative estimate of drug-likeness (QED) is 0.812. The second-order valence-corrected chi connectivity index (χ2v) is 3.59. The Morgan fingerprint density at radius 1 is 1.57 bits per heavy atom. The Morgan fingerprint density at radius 3 is 3.00 bits per heavy atom. The maximum absolute atomic E-state index is 5.93. The van der Waals surface area contributed by atoms with Gasteiger partial charge in [0.05, 0.1) is 10.7 Å². The molecule has 0 aliphatic carbocycles. The zero-order chi connectivity index (χ0) is 10.4. The highest BCUT2D eigenvalue weighted by Crippen LogP contribution is 2.18. The summed E-state index contributed by atoms with van der Waals surface area (Å²) in [5, 5.41) is 3.94. The fourth-order valence-corrected chi connectivity index (χ4v) is 1.24. The number of rotatable bonds is 5. The van der Waals surface area contributed by atoms with Gasteiger partial charge in [-0.2, -0.15) is 0 Å². The van der Waals surface area contributed by atoms with E-state index in [-0.39, 0.29) is 0 Å². The molecule has 0 aliphatic rings. The van der Waals surface area contributed by atoms with E-state index in [0.29, 0.717) is 5.02 Å². The molecule has 1 heterocycles. The van der Waals surface area contributed by atoms with E-state index in [1.165, 1.54) is 0 Å². The van der Waals surface area contributed by atoms with Crippen LogP contribution in [0.25, 0.3) is 0 Å². The topological polar surface area (TPSA) is 28.2 Å². The van der Waals surface area contributed by atoms with Crippen LogP contribution in [0.15, 0.2) is 18.5 Å². The van der Waals surface area contributed by atoms with Crippen molar-refractivity contribution in [3.63, 3.8) is 0 Å². The molecule has 0 unspecified atom stereocenters. The predicted molar refractivity (Wildman–Crippen MR) is 60.9 cm³/mol. The van der Waals surface area contributed by atoms with Gasteiger partial charge in [0.25, 0.3) is 0 Å². The molecule has 1 rings (SSSR count). The lowest BCUT2D eigenvalue weighted by Gasteiger charge is -2.14. The van der Waals surface area contributed by atoms with Crippen molar-refractivity contribution in [2.75, 3.05) is 32.0 Å². The molecule has 0 saturated carbocycles. The third-order valence-electron chi connectivity index (χ3n) is 2.12. The van der Waals surface area contributed by atoms with Crippen molar-refractivity contribution in [3.8, 4) is 0 Å². The minimum atomic E-state index is 0.673. The van der Waals surface area contributed by atoms with Crippen molar-refractivity contribution >= 4 is 17.3 Å². The number of pyridine rings is 1. The molecule has 0 amide bonds. The molecule has 1 N–H and O–H groups in total. The summed E-state index contributed by atoms with van der Waals surface area (Å²) in [4.78, 5) is 6.16. The average Bonchev–Trinajstić information content (AvgIpc) is 2.20. The maximum atomic E-state index is 5.93. The first-order chi connectivity index (χ1) is 6.74. The molecule has 0 aliphatic heterocycles. The van der Waals surface area contributed by atoms with Crippen molar-refractivity contribution in [2.24, 2.45) is 0 Å². The van der Waals surface area contributed by atoms with Crippen molar-refractivity contribution < 1.29 is 0 Å². The number of likely N-dealkylation sites (N-methyl/N-ethyl adjacent to an activating group) is 1. The Labute approximate surface area is 90.1 Å². The highest BCUT2D eigenvalue weighted by Gasteiger charge is 1.98. The molecule has 0 saturated heterocycles. The molecular formula is C10H16ClN3. The first-order valence-electron chi connectivity index (χ1n) is 4.76. The molecular weight excluding hydrogens is 198 g/mol. The summed E-state index contributed by atoms with van der Waals surface area (Å²) in [6.45, 7) is 5.11. The van der Waals surface area contributed by atoms with E-state index in [9.17, 15) is 0 Å². The van der Waals surface area contributed by atoms with Crippen molar-refractivity contribution in [2.45, 2.75) is 6.92 Å². The van der Waals surface area contributed by atoms with E-state index in [1.54, 1.807) is 12.4 Å². The number of hydrogen-bond acceptors (Lipinski definition) is 3. The summed E-state index contributed by atoms with van der Waals surface area (Å²) in [5.74, 6) is 0. The predicted octanol–water partition coefficient (Wildman–Crippen LogP) is 2.10. The van der Waals surface area contributed by atoms with Crippen LogP contribution in [0.4, 0.5) is 5.69 Å². The number of halogens is 1. The highest BCUT2D eigenvalue weighted by molar-refractivity contribution is 6.33. The Hall–Kier alpha value is -0.800. The van der Waals surface area contributed by atoms with Crippen molar-refractivity contribution in [3.05, 3.63) is 23.5 Å². The van der Waals surface area contributed by atoms with Gasteiger partial charge in [-0.3, -0.25) is 4.98 Å². The van der Waals surface area contributed by atoms with Crippen LogP contribution in [-0.4, -0.2) is 36.6 Å². The van der Waals surface area contributed by atoms with Crippen LogP contribution in [0.5, 0.6) is 0 Å². The molecule has 0 bridgehead atoms. The smallest absolute Gasteiger partial charge is 0.0820 e. The van der Waals surface area contributed by atoms with E-state index in [4.69, 9.17) is 11.6 Å². The Bertz CT molecular complexity index is 278. The Kier molecular flexibility index (Phi) is 4.70. The molecule has 0 radical (unpaired) electrons. The fraction of sp³-hybridized carbons (Fsp3) is 0.500. The first-order valence-corrected chi connectivity index (χ1v) is 5.13. The van der Waals surface area contributed by atoms with E-state index >= 15 is 0 Å². The minimum absolute atomic E-state index is 0.673. The van der Waals surface area contributed by atoms with Gasteiger partial charge in [0.2, 0.25) is 0 Å². The number of hydrogen-bond donors (Lipinski definition) is 1. The van der Waals surface area contributed by atoms with Crippen LogP contribution < -0.4 is 5.32 Å². The van der Waals surface area contributed by atoms with Crippen LogP contribution in [0.2, 0.25) is 5.02 Å². The molecule has 0 aromatic carbocycles. The lowest BCUT2D eigenvalue weighted by Crippen LogP contribution is -2.24. The van der Waals surface area contributed by atoms with Gasteiger partial charge >= 0.3 is 0 Å². The van der Waals surface area contributed by atoms with Gasteiger partial charge in [-0.1, -0.05) is 18.5 Å². The Morgan fingerprint density at radius 2 is 2.36 bits per heavy atom. The summed E-state index contributed by atoms with van der Waals surface area (Å²) < 4.78 is 0. The fourth-order valence-electron chi connectivity index (χ4n) is 1.06. The first kappa shape index (κ1) is 11.3. The second kappa shape index (κ2) is 5.83. The Balaban J connectivity index is 2.35. The van der Waals surface area contributed by atoms with Gasteiger partial charge < -0.3 is 10.2 Å². The standard InChI is InChI=1S/C10H16ClN3/c1-3-14(2)7-6-13-10-4-5-12-8-9(10)11/h4-5,8H,3,6-7H2,1-2H3,(H,12,13). The van der Waals surface area contributed by atoms with Gasteiger partial charge in [0, 0.05) is 25.5 Å². The SMILES string of the molecule is CCN(C)CCNc1ccncc1Cl. The zero-order valence-electron chi connectivity index (χ0n) is 8.63. The summed E-state index contributed by atoms with van der Waals surface area (Å²) in [5.41, 5.74) is 0.950. The van der Waals surface area contributed by atoms with Crippen LogP contribution in [0, 0.1) is 0 Å². The van der Waals surface area contributed by atoms with Crippen molar-refractivity contribution in [1.82, 2.24) is 9.88 Å². The molecule has 0 atom stereocenters. The minimum Gasteiger partial charge on any atom is -0.382 e. The van der Waals surface area contributed by atoms with E-state index in [2.05, 4.69) is 29.2 Å². The third kappa shape index (κ3) is 3.52. The number of anilines is 1. The largest absolute Gasteiger partial charge is 0.382 e. The average molecular weight is 214 g/mol. The van der Waals surface area contributed by atoms with Crippen molar-refractivity contribution in [1.29, 1.82) is 0 Å². The number of nitrogens with zero attached hydrogens (tertiary/aromatic N) is 2. The molecule has 4 heteroatoms. The van der Waals surface area contributed by atoms with E-state index in [0.717, 1.165) is 25.3 Å². The van der Waals surface area contributed by atoms with Gasteiger partial charge in [0.1, 0.15) is 0 Å². The summed E-state index contributed by atoms with van der Waals surface area (Å²) in [6.07, 6.45) is 3.38. The molecule has 0 fully saturated rings. The zero-order valence-corrected chi connectivity index (χ0v) is 9.38. The highest BCUT2D eigenvalue weighted by atomic mass is 35.5. The van der Waals surface area contributed by atoms with Crippen LogP contribution in [0.3, 0.4) is 0 Å².